The number of rotatable bonds is 7. The third-order valence-corrected chi connectivity index (χ3v) is 7.47. The maximum Gasteiger partial charge on any atom is 0.273 e. The molecule has 0 bridgehead atoms. The number of benzene rings is 1. The molecule has 11 heteroatoms. The molecule has 1 aromatic carbocycles. The summed E-state index contributed by atoms with van der Waals surface area (Å²) in [7, 11) is 2.00. The van der Waals surface area contributed by atoms with Crippen molar-refractivity contribution in [3.05, 3.63) is 63.3 Å². The summed E-state index contributed by atoms with van der Waals surface area (Å²) in [5.41, 5.74) is -1.42. The summed E-state index contributed by atoms with van der Waals surface area (Å²) in [6, 6.07) is 2.39. The van der Waals surface area contributed by atoms with Crippen LogP contribution in [0.2, 0.25) is 0 Å². The second-order valence-electron chi connectivity index (χ2n) is 10.3. The first kappa shape index (κ1) is 24.7. The molecule has 36 heavy (non-hydrogen) atoms. The molecule has 6 nitrogen and oxygen atoms in total. The summed E-state index contributed by atoms with van der Waals surface area (Å²) in [6.07, 6.45) is 0.606. The molecule has 3 fully saturated rings. The van der Waals surface area contributed by atoms with Gasteiger partial charge in [0.15, 0.2) is 0 Å². The molecule has 1 aliphatic heterocycles. The van der Waals surface area contributed by atoms with Crippen molar-refractivity contribution in [1.29, 1.82) is 0 Å². The van der Waals surface area contributed by atoms with Gasteiger partial charge in [0.2, 0.25) is 0 Å². The molecule has 2 saturated carbocycles. The van der Waals surface area contributed by atoms with E-state index in [1.807, 2.05) is 7.05 Å². The van der Waals surface area contributed by atoms with Crippen molar-refractivity contribution in [3.8, 4) is 0 Å². The molecule has 0 unspecified atom stereocenters. The molecule has 0 spiro atoms. The Balaban J connectivity index is 1.43. The third-order valence-electron chi connectivity index (χ3n) is 7.47. The largest absolute Gasteiger partial charge is 0.381 e. The van der Waals surface area contributed by atoms with Crippen LogP contribution in [0, 0.1) is 17.7 Å². The molecule has 1 saturated heterocycles. The van der Waals surface area contributed by atoms with Gasteiger partial charge in [0, 0.05) is 50.3 Å². The van der Waals surface area contributed by atoms with Gasteiger partial charge in [-0.25, -0.2) is 22.0 Å². The Labute approximate surface area is 204 Å². The van der Waals surface area contributed by atoms with Crippen LogP contribution in [0.1, 0.15) is 53.8 Å². The molecule has 2 N–H and O–H groups in total. The van der Waals surface area contributed by atoms with E-state index >= 15 is 0 Å². The van der Waals surface area contributed by atoms with Crippen LogP contribution in [-0.4, -0.2) is 47.5 Å². The van der Waals surface area contributed by atoms with Gasteiger partial charge in [-0.3, -0.25) is 9.59 Å². The van der Waals surface area contributed by atoms with Crippen LogP contribution in [0.5, 0.6) is 0 Å². The summed E-state index contributed by atoms with van der Waals surface area (Å²) in [6.45, 7) is 3.75. The zero-order chi connectivity index (χ0) is 26.2. The monoisotopic (exact) mass is 510 g/mol. The number of anilines is 1. The zero-order valence-electron chi connectivity index (χ0n) is 20.0. The lowest BCUT2D eigenvalue weighted by Gasteiger charge is -2.21. The van der Waals surface area contributed by atoms with Crippen molar-refractivity contribution in [2.45, 2.75) is 50.2 Å². The summed E-state index contributed by atoms with van der Waals surface area (Å²) >= 11 is 0. The van der Waals surface area contributed by atoms with Crippen LogP contribution < -0.4 is 16.2 Å². The molecule has 1 aromatic heterocycles. The highest BCUT2D eigenvalue weighted by Crippen LogP contribution is 2.52. The van der Waals surface area contributed by atoms with Crippen LogP contribution in [0.3, 0.4) is 0 Å². The number of halogens is 5. The predicted molar refractivity (Wildman–Crippen MR) is 123 cm³/mol. The predicted octanol–water partition coefficient (Wildman–Crippen LogP) is 4.14. The first-order valence-corrected chi connectivity index (χ1v) is 11.8. The summed E-state index contributed by atoms with van der Waals surface area (Å²) in [5.74, 6) is -7.61. The Kier molecular flexibility index (Phi) is 5.70. The molecule has 5 atom stereocenters. The Hall–Kier alpha value is -2.95. The van der Waals surface area contributed by atoms with Crippen molar-refractivity contribution in [2.75, 3.05) is 25.5 Å². The highest BCUT2D eigenvalue weighted by atomic mass is 19.3. The molecule has 194 valence electrons. The Morgan fingerprint density at radius 1 is 1.22 bits per heavy atom. The van der Waals surface area contributed by atoms with Gasteiger partial charge >= 0.3 is 0 Å². The molecular weight excluding hydrogens is 483 g/mol. The second-order valence-corrected chi connectivity index (χ2v) is 10.3. The smallest absolute Gasteiger partial charge is 0.273 e. The van der Waals surface area contributed by atoms with Crippen LogP contribution >= 0.6 is 0 Å². The highest BCUT2D eigenvalue weighted by Gasteiger charge is 2.59. The maximum atomic E-state index is 14.8. The van der Waals surface area contributed by atoms with E-state index < -0.39 is 53.2 Å². The minimum Gasteiger partial charge on any atom is -0.381 e. The van der Waals surface area contributed by atoms with E-state index in [0.29, 0.717) is 18.8 Å². The average molecular weight is 511 g/mol. The lowest BCUT2D eigenvalue weighted by atomic mass is 10.0. The standard InChI is InChI=1S/C25H27F5N4O2/c1-12(13-5-4-6-17(21(13)26)24(2,27)28)31-23(36)16-11-34(19-8-25(19,29)30)20(35)7-18(16)32-22-14-9-33(3)10-15(14)22/h4-7,11-12,14-15,19,22,32H,8-10H2,1-3H3,(H,31,36)/t12-,14-,15+,19-,22+/m1/s1. The molecule has 2 aromatic rings. The van der Waals surface area contributed by atoms with Crippen molar-refractivity contribution >= 4 is 11.6 Å². The second kappa shape index (κ2) is 8.29. The van der Waals surface area contributed by atoms with Crippen molar-refractivity contribution < 1.29 is 26.7 Å². The lowest BCUT2D eigenvalue weighted by Crippen LogP contribution is -2.32. The fourth-order valence-corrected chi connectivity index (χ4v) is 5.30. The number of nitrogens with one attached hydrogen (secondary N) is 2. The number of carbonyl (C=O) groups is 1. The number of hydrogen-bond acceptors (Lipinski definition) is 4. The molecule has 0 radical (unpaired) electrons. The van der Waals surface area contributed by atoms with E-state index in [1.165, 1.54) is 19.1 Å². The van der Waals surface area contributed by atoms with Gasteiger partial charge in [-0.1, -0.05) is 18.2 Å². The first-order chi connectivity index (χ1) is 16.8. The van der Waals surface area contributed by atoms with Gasteiger partial charge in [-0.15, -0.1) is 0 Å². The van der Waals surface area contributed by atoms with Gasteiger partial charge in [0.1, 0.15) is 11.9 Å². The number of piperidine rings is 1. The molecule has 5 rings (SSSR count). The topological polar surface area (TPSA) is 66.4 Å². The van der Waals surface area contributed by atoms with E-state index in [2.05, 4.69) is 15.5 Å². The molecule has 2 aliphatic carbocycles. The zero-order valence-corrected chi connectivity index (χ0v) is 20.0. The number of pyridine rings is 1. The van der Waals surface area contributed by atoms with Gasteiger partial charge in [-0.2, -0.15) is 0 Å². The van der Waals surface area contributed by atoms with Gasteiger partial charge < -0.3 is 20.1 Å². The van der Waals surface area contributed by atoms with Gasteiger partial charge in [0.25, 0.3) is 23.3 Å². The number of alkyl halides is 4. The number of likely N-dealkylation sites (tertiary alicyclic amines) is 1. The fraction of sp³-hybridized carbons (Fsp3) is 0.520. The van der Waals surface area contributed by atoms with E-state index in [0.717, 1.165) is 36.0 Å². The lowest BCUT2D eigenvalue weighted by molar-refractivity contribution is 0.0135. The number of hydrogen-bond donors (Lipinski definition) is 2. The SMILES string of the molecule is C[C@@H](NC(=O)c1cn([C@@H]2CC2(F)F)c(=O)cc1N[C@H]1[C@@H]2CN(C)C[C@@H]21)c1cccc(C(C)(F)F)c1F. The minimum absolute atomic E-state index is 0.0418. The fourth-order valence-electron chi connectivity index (χ4n) is 5.30. The number of nitrogens with zero attached hydrogens (tertiary/aromatic N) is 2. The first-order valence-electron chi connectivity index (χ1n) is 11.8. The van der Waals surface area contributed by atoms with Crippen LogP contribution in [-0.2, 0) is 5.92 Å². The van der Waals surface area contributed by atoms with Crippen LogP contribution in [0.4, 0.5) is 27.6 Å². The van der Waals surface area contributed by atoms with Crippen molar-refractivity contribution in [2.24, 2.45) is 11.8 Å². The van der Waals surface area contributed by atoms with E-state index in [4.69, 9.17) is 0 Å². The van der Waals surface area contributed by atoms with E-state index in [1.54, 1.807) is 0 Å². The van der Waals surface area contributed by atoms with Gasteiger partial charge in [0.05, 0.1) is 22.9 Å². The van der Waals surface area contributed by atoms with E-state index in [9.17, 15) is 31.5 Å². The molecule has 1 amide bonds. The van der Waals surface area contributed by atoms with Crippen LogP contribution in [0.25, 0.3) is 0 Å². The Morgan fingerprint density at radius 2 is 1.86 bits per heavy atom. The summed E-state index contributed by atoms with van der Waals surface area (Å²) in [5, 5.41) is 5.80. The minimum atomic E-state index is -3.41. The number of amides is 1. The van der Waals surface area contributed by atoms with Gasteiger partial charge in [-0.05, 0) is 25.8 Å². The maximum absolute atomic E-state index is 14.8. The molecule has 2 heterocycles. The van der Waals surface area contributed by atoms with Crippen LogP contribution in [0.15, 0.2) is 35.3 Å². The molecular formula is C25H27F5N4O2. The Bertz CT molecular complexity index is 1260. The number of aromatic nitrogens is 1. The quantitative estimate of drug-likeness (QED) is 0.550. The normalized spacial score (nSPS) is 27.3. The highest BCUT2D eigenvalue weighted by molar-refractivity contribution is 5.99. The summed E-state index contributed by atoms with van der Waals surface area (Å²) in [4.78, 5) is 28.1. The average Bonchev–Trinajstić information content (AvgIpc) is 3.54. The van der Waals surface area contributed by atoms with E-state index in [-0.39, 0.29) is 22.9 Å². The number of fused-ring (bicyclic) bond motifs is 1. The Morgan fingerprint density at radius 3 is 2.44 bits per heavy atom. The number of carbonyl (C=O) groups excluding carboxylic acids is 1. The third kappa shape index (κ3) is 4.38. The van der Waals surface area contributed by atoms with Crippen molar-refractivity contribution in [1.82, 2.24) is 14.8 Å². The van der Waals surface area contributed by atoms with Crippen molar-refractivity contribution in [3.63, 3.8) is 0 Å². The summed E-state index contributed by atoms with van der Waals surface area (Å²) < 4.78 is 70.7. The molecule has 3 aliphatic rings.